The number of benzene rings is 1. The highest BCUT2D eigenvalue weighted by atomic mass is 28.4. The van der Waals surface area contributed by atoms with Crippen LogP contribution in [0.4, 0.5) is 13.2 Å². The predicted octanol–water partition coefficient (Wildman–Crippen LogP) is 7.24. The molecular weight excluding hydrogens is 445 g/mol. The molecule has 1 aliphatic rings. The van der Waals surface area contributed by atoms with E-state index in [1.807, 2.05) is 12.2 Å². The Bertz CT molecular complexity index is 768. The molecule has 0 spiro atoms. The first kappa shape index (κ1) is 27.7. The summed E-state index contributed by atoms with van der Waals surface area (Å²) < 4.78 is 51.7. The third-order valence-electron chi connectivity index (χ3n) is 7.16. The van der Waals surface area contributed by atoms with Crippen molar-refractivity contribution in [3.63, 3.8) is 0 Å². The third-order valence-corrected chi connectivity index (χ3v) is 11.8. The van der Waals surface area contributed by atoms with Gasteiger partial charge >= 0.3 is 6.18 Å². The molecule has 186 valence electrons. The highest BCUT2D eigenvalue weighted by Gasteiger charge is 2.38. The maximum atomic E-state index is 13.1. The van der Waals surface area contributed by atoms with E-state index in [1.165, 1.54) is 12.1 Å². The maximum Gasteiger partial charge on any atom is 0.416 e. The molecule has 33 heavy (non-hydrogen) atoms. The van der Waals surface area contributed by atoms with Crippen LogP contribution in [-0.2, 0) is 10.6 Å². The van der Waals surface area contributed by atoms with Gasteiger partial charge in [0.15, 0.2) is 8.32 Å². The molecule has 7 heteroatoms. The molecule has 1 fully saturated rings. The standard InChI is InChI=1S/C26H39F3O3Si/c1-6-11-24-23(19(5)16-25(24)30)15-14-22(32-33(7-2,8-3)9-4)18-31-21-13-10-12-20(17-21)26(27,28)29/h6,10,12-15,17,19,22-25,30H,1,7-9,11,16,18H2,2-5H3/b15-14+/t19-,22?,23+,24-,25+/m1/s1. The Balaban J connectivity index is 2.23. The lowest BCUT2D eigenvalue weighted by atomic mass is 9.87. The summed E-state index contributed by atoms with van der Waals surface area (Å²) in [4.78, 5) is 0. The molecule has 1 aromatic carbocycles. The third kappa shape index (κ3) is 7.46. The average Bonchev–Trinajstić information content (AvgIpc) is 3.06. The first-order valence-corrected chi connectivity index (χ1v) is 14.6. The summed E-state index contributed by atoms with van der Waals surface area (Å²) in [6.07, 6.45) is 2.33. The summed E-state index contributed by atoms with van der Waals surface area (Å²) in [5, 5.41) is 10.4. The molecular formula is C26H39F3O3Si. The predicted molar refractivity (Wildman–Crippen MR) is 130 cm³/mol. The lowest BCUT2D eigenvalue weighted by Crippen LogP contribution is -2.41. The number of halogens is 3. The number of aliphatic hydroxyl groups is 1. The fraction of sp³-hybridized carbons (Fsp3) is 0.615. The van der Waals surface area contributed by atoms with E-state index >= 15 is 0 Å². The molecule has 1 N–H and O–H groups in total. The van der Waals surface area contributed by atoms with Crippen molar-refractivity contribution in [2.24, 2.45) is 17.8 Å². The van der Waals surface area contributed by atoms with Gasteiger partial charge in [-0.1, -0.05) is 52.0 Å². The Kier molecular flexibility index (Phi) is 10.2. The molecule has 0 aliphatic heterocycles. The van der Waals surface area contributed by atoms with Gasteiger partial charge in [0.05, 0.1) is 17.8 Å². The Morgan fingerprint density at radius 1 is 1.21 bits per heavy atom. The van der Waals surface area contributed by atoms with Gasteiger partial charge < -0.3 is 14.3 Å². The molecule has 1 saturated carbocycles. The van der Waals surface area contributed by atoms with Crippen molar-refractivity contribution >= 4 is 8.32 Å². The molecule has 1 unspecified atom stereocenters. The summed E-state index contributed by atoms with van der Waals surface area (Å²) in [6, 6.07) is 7.85. The minimum atomic E-state index is -4.41. The van der Waals surface area contributed by atoms with Gasteiger partial charge in [-0.3, -0.25) is 0 Å². The highest BCUT2D eigenvalue weighted by molar-refractivity contribution is 6.73. The summed E-state index contributed by atoms with van der Waals surface area (Å²) in [7, 11) is -1.98. The highest BCUT2D eigenvalue weighted by Crippen LogP contribution is 2.40. The maximum absolute atomic E-state index is 13.1. The van der Waals surface area contributed by atoms with Gasteiger partial charge in [-0.05, 0) is 66.9 Å². The van der Waals surface area contributed by atoms with Crippen LogP contribution in [-0.4, -0.2) is 32.2 Å². The van der Waals surface area contributed by atoms with E-state index in [0.717, 1.165) is 43.1 Å². The number of allylic oxidation sites excluding steroid dienone is 2. The average molecular weight is 485 g/mol. The van der Waals surface area contributed by atoms with Gasteiger partial charge in [-0.15, -0.1) is 6.58 Å². The molecule has 1 aromatic rings. The first-order chi connectivity index (χ1) is 15.6. The molecule has 0 saturated heterocycles. The number of hydrogen-bond acceptors (Lipinski definition) is 3. The SMILES string of the molecule is C=CC[C@@H]1[C@@H](/C=C/C(COc2cccc(C(F)(F)F)c2)O[Si](CC)(CC)CC)[C@H](C)C[C@@H]1O. The molecule has 1 aliphatic carbocycles. The van der Waals surface area contributed by atoms with E-state index in [4.69, 9.17) is 9.16 Å². The van der Waals surface area contributed by atoms with Crippen molar-refractivity contribution < 1.29 is 27.4 Å². The number of hydrogen-bond donors (Lipinski definition) is 1. The molecule has 2 rings (SSSR count). The van der Waals surface area contributed by atoms with E-state index < -0.39 is 20.1 Å². The van der Waals surface area contributed by atoms with Crippen molar-refractivity contribution in [2.45, 2.75) is 77.1 Å². The van der Waals surface area contributed by atoms with E-state index in [2.05, 4.69) is 40.3 Å². The molecule has 0 amide bonds. The fourth-order valence-corrected chi connectivity index (χ4v) is 7.66. The smallest absolute Gasteiger partial charge is 0.416 e. The van der Waals surface area contributed by atoms with Crippen molar-refractivity contribution in [3.8, 4) is 5.75 Å². The van der Waals surface area contributed by atoms with Gasteiger partial charge in [-0.25, -0.2) is 0 Å². The quantitative estimate of drug-likeness (QED) is 0.251. The number of aliphatic hydroxyl groups excluding tert-OH is 1. The lowest BCUT2D eigenvalue weighted by molar-refractivity contribution is -0.137. The van der Waals surface area contributed by atoms with E-state index in [0.29, 0.717) is 5.92 Å². The van der Waals surface area contributed by atoms with Crippen LogP contribution in [0.25, 0.3) is 0 Å². The monoisotopic (exact) mass is 484 g/mol. The van der Waals surface area contributed by atoms with Gasteiger partial charge in [0.2, 0.25) is 0 Å². The van der Waals surface area contributed by atoms with Crippen LogP contribution >= 0.6 is 0 Å². The van der Waals surface area contributed by atoms with Crippen LogP contribution in [0.15, 0.2) is 49.1 Å². The minimum absolute atomic E-state index is 0.115. The van der Waals surface area contributed by atoms with Crippen LogP contribution in [0.3, 0.4) is 0 Å². The van der Waals surface area contributed by atoms with E-state index in [-0.39, 0.29) is 36.4 Å². The molecule has 0 radical (unpaired) electrons. The topological polar surface area (TPSA) is 38.7 Å². The second kappa shape index (κ2) is 12.2. The normalized spacial score (nSPS) is 24.8. The zero-order valence-corrected chi connectivity index (χ0v) is 21.3. The zero-order chi connectivity index (χ0) is 24.6. The molecule has 3 nitrogen and oxygen atoms in total. The molecule has 0 aromatic heterocycles. The largest absolute Gasteiger partial charge is 0.491 e. The summed E-state index contributed by atoms with van der Waals surface area (Å²) >= 11 is 0. The Hall–Kier alpha value is -1.57. The Morgan fingerprint density at radius 2 is 1.88 bits per heavy atom. The van der Waals surface area contributed by atoms with Crippen LogP contribution in [0.2, 0.25) is 18.1 Å². The second-order valence-electron chi connectivity index (χ2n) is 9.17. The molecule has 0 bridgehead atoms. The first-order valence-electron chi connectivity index (χ1n) is 12.0. The number of rotatable bonds is 12. The molecule has 5 atom stereocenters. The van der Waals surface area contributed by atoms with Crippen molar-refractivity contribution in [1.82, 2.24) is 0 Å². The van der Waals surface area contributed by atoms with Crippen LogP contribution in [0.5, 0.6) is 5.75 Å². The fourth-order valence-electron chi connectivity index (χ4n) is 4.87. The lowest BCUT2D eigenvalue weighted by Gasteiger charge is -2.32. The second-order valence-corrected chi connectivity index (χ2v) is 13.9. The van der Waals surface area contributed by atoms with Crippen LogP contribution < -0.4 is 4.74 Å². The summed E-state index contributed by atoms with van der Waals surface area (Å²) in [5.41, 5.74) is -0.728. The zero-order valence-electron chi connectivity index (χ0n) is 20.3. The van der Waals surface area contributed by atoms with Gasteiger partial charge in [0, 0.05) is 0 Å². The van der Waals surface area contributed by atoms with Crippen molar-refractivity contribution in [1.29, 1.82) is 0 Å². The Morgan fingerprint density at radius 3 is 2.45 bits per heavy atom. The van der Waals surface area contributed by atoms with Gasteiger partial charge in [0.25, 0.3) is 0 Å². The number of alkyl halides is 3. The van der Waals surface area contributed by atoms with Crippen LogP contribution in [0.1, 0.15) is 46.1 Å². The van der Waals surface area contributed by atoms with E-state index in [1.54, 1.807) is 0 Å². The van der Waals surface area contributed by atoms with Gasteiger partial charge in [0.1, 0.15) is 12.4 Å². The Labute approximate surface area is 197 Å². The van der Waals surface area contributed by atoms with Crippen molar-refractivity contribution in [3.05, 3.63) is 54.6 Å². The summed E-state index contributed by atoms with van der Waals surface area (Å²) in [5.74, 6) is 0.817. The van der Waals surface area contributed by atoms with E-state index in [9.17, 15) is 18.3 Å². The molecule has 0 heterocycles. The minimum Gasteiger partial charge on any atom is -0.491 e. The summed E-state index contributed by atoms with van der Waals surface area (Å²) in [6.45, 7) is 12.5. The van der Waals surface area contributed by atoms with Crippen molar-refractivity contribution in [2.75, 3.05) is 6.61 Å². The van der Waals surface area contributed by atoms with Crippen LogP contribution in [0, 0.1) is 17.8 Å². The van der Waals surface area contributed by atoms with Gasteiger partial charge in [-0.2, -0.15) is 13.2 Å². The number of ether oxygens (including phenoxy) is 1.